The van der Waals surface area contributed by atoms with Gasteiger partial charge in [-0.05, 0) is 56.4 Å². The van der Waals surface area contributed by atoms with Crippen LogP contribution in [0.4, 0.5) is 0 Å². The van der Waals surface area contributed by atoms with E-state index in [1.807, 2.05) is 0 Å². The van der Waals surface area contributed by atoms with Crippen molar-refractivity contribution in [3.8, 4) is 0 Å². The summed E-state index contributed by atoms with van der Waals surface area (Å²) in [5.74, 6) is 3.73. The van der Waals surface area contributed by atoms with E-state index in [9.17, 15) is 5.11 Å². The molecule has 0 aromatic rings. The van der Waals surface area contributed by atoms with Gasteiger partial charge in [-0.2, -0.15) is 0 Å². The molecule has 0 aromatic heterocycles. The highest BCUT2D eigenvalue weighted by Gasteiger charge is 2.43. The molecular weight excluding hydrogens is 250 g/mol. The molecule has 4 rings (SSSR count). The number of aliphatic hydroxyl groups is 1. The highest BCUT2D eigenvalue weighted by atomic mass is 16.5. The number of allylic oxidation sites excluding steroid dienone is 3. The van der Waals surface area contributed by atoms with Crippen LogP contribution in [-0.4, -0.2) is 24.0 Å². The third kappa shape index (κ3) is 2.21. The summed E-state index contributed by atoms with van der Waals surface area (Å²) in [7, 11) is 0. The quantitative estimate of drug-likeness (QED) is 0.761. The summed E-state index contributed by atoms with van der Waals surface area (Å²) in [4.78, 5) is 0. The van der Waals surface area contributed by atoms with Crippen LogP contribution in [0, 0.1) is 23.7 Å². The van der Waals surface area contributed by atoms with E-state index in [2.05, 4.69) is 23.5 Å². The van der Waals surface area contributed by atoms with Crippen molar-refractivity contribution in [3.05, 3.63) is 24.0 Å². The second-order valence-corrected chi connectivity index (χ2v) is 7.00. The van der Waals surface area contributed by atoms with Gasteiger partial charge in [0.2, 0.25) is 0 Å². The minimum absolute atomic E-state index is 0.296. The fourth-order valence-electron chi connectivity index (χ4n) is 4.78. The zero-order chi connectivity index (χ0) is 13.5. The molecule has 6 atom stereocenters. The third-order valence-electron chi connectivity index (χ3n) is 5.84. The van der Waals surface area contributed by atoms with Crippen molar-refractivity contribution in [3.63, 3.8) is 0 Å². The normalized spacial score (nSPS) is 46.5. The highest BCUT2D eigenvalue weighted by molar-refractivity contribution is 5.09. The van der Waals surface area contributed by atoms with E-state index in [1.165, 1.54) is 25.0 Å². The monoisotopic (exact) mass is 275 g/mol. The Morgan fingerprint density at radius 1 is 1.25 bits per heavy atom. The molecule has 3 heteroatoms. The topological polar surface area (TPSA) is 41.5 Å². The molecule has 2 aliphatic carbocycles. The Morgan fingerprint density at radius 2 is 2.15 bits per heavy atom. The maximum atomic E-state index is 10.4. The van der Waals surface area contributed by atoms with Gasteiger partial charge in [0, 0.05) is 17.9 Å². The lowest BCUT2D eigenvalue weighted by atomic mass is 9.74. The van der Waals surface area contributed by atoms with Crippen molar-refractivity contribution in [2.75, 3.05) is 6.61 Å². The largest absolute Gasteiger partial charge is 0.498 e. The van der Waals surface area contributed by atoms with Crippen LogP contribution >= 0.6 is 0 Å². The average molecular weight is 275 g/mol. The summed E-state index contributed by atoms with van der Waals surface area (Å²) in [6.45, 7) is 0.909. The molecule has 0 bridgehead atoms. The standard InChI is InChI=1S/C17H25NO2/c19-17-14(13-3-1-2-4-15(13)18-17)10-11-5-6-16-12(9-11)7-8-20-16/h1-2,6,11-15,17-19H,3-5,7-10H2. The van der Waals surface area contributed by atoms with Crippen LogP contribution in [0.25, 0.3) is 0 Å². The van der Waals surface area contributed by atoms with Crippen molar-refractivity contribution in [2.45, 2.75) is 50.8 Å². The number of fused-ring (bicyclic) bond motifs is 2. The molecule has 3 nitrogen and oxygen atoms in total. The molecule has 0 amide bonds. The zero-order valence-electron chi connectivity index (χ0n) is 12.0. The van der Waals surface area contributed by atoms with E-state index in [1.54, 1.807) is 0 Å². The second kappa shape index (κ2) is 5.19. The molecule has 20 heavy (non-hydrogen) atoms. The molecule has 0 spiro atoms. The fourth-order valence-corrected chi connectivity index (χ4v) is 4.78. The molecule has 2 heterocycles. The molecule has 2 saturated heterocycles. The van der Waals surface area contributed by atoms with Gasteiger partial charge in [0.15, 0.2) is 0 Å². The van der Waals surface area contributed by atoms with E-state index in [-0.39, 0.29) is 6.23 Å². The van der Waals surface area contributed by atoms with Gasteiger partial charge in [0.1, 0.15) is 6.23 Å². The Morgan fingerprint density at radius 3 is 3.10 bits per heavy atom. The first kappa shape index (κ1) is 12.9. The second-order valence-electron chi connectivity index (χ2n) is 7.00. The highest BCUT2D eigenvalue weighted by Crippen LogP contribution is 2.43. The lowest BCUT2D eigenvalue weighted by molar-refractivity contribution is 0.0813. The SMILES string of the molecule is OC1NC2CC=CCC2C1CC1CC=C2OCCC2C1. The van der Waals surface area contributed by atoms with Crippen LogP contribution in [-0.2, 0) is 4.74 Å². The van der Waals surface area contributed by atoms with Gasteiger partial charge in [0.25, 0.3) is 0 Å². The summed E-state index contributed by atoms with van der Waals surface area (Å²) in [5, 5.41) is 13.8. The van der Waals surface area contributed by atoms with Crippen molar-refractivity contribution >= 4 is 0 Å². The predicted octanol–water partition coefficient (Wildman–Crippen LogP) is 2.58. The van der Waals surface area contributed by atoms with Crippen molar-refractivity contribution in [1.29, 1.82) is 0 Å². The Balaban J connectivity index is 1.42. The molecule has 0 radical (unpaired) electrons. The number of hydrogen-bond donors (Lipinski definition) is 2. The van der Waals surface area contributed by atoms with E-state index < -0.39 is 0 Å². The molecule has 0 aromatic carbocycles. The molecule has 2 N–H and O–H groups in total. The number of nitrogens with one attached hydrogen (secondary N) is 1. The van der Waals surface area contributed by atoms with Gasteiger partial charge in [0.05, 0.1) is 12.4 Å². The Kier molecular flexibility index (Phi) is 3.35. The maximum Gasteiger partial charge on any atom is 0.108 e. The minimum atomic E-state index is -0.296. The van der Waals surface area contributed by atoms with Crippen LogP contribution in [0.15, 0.2) is 24.0 Å². The van der Waals surface area contributed by atoms with E-state index in [0.717, 1.165) is 31.8 Å². The lowest BCUT2D eigenvalue weighted by Crippen LogP contribution is -2.32. The molecule has 6 unspecified atom stereocenters. The lowest BCUT2D eigenvalue weighted by Gasteiger charge is -2.31. The van der Waals surface area contributed by atoms with Crippen molar-refractivity contribution < 1.29 is 9.84 Å². The Labute approximate surface area is 121 Å². The average Bonchev–Trinajstić information content (AvgIpc) is 3.04. The van der Waals surface area contributed by atoms with Gasteiger partial charge in [-0.25, -0.2) is 0 Å². The number of hydrogen-bond acceptors (Lipinski definition) is 3. The Bertz CT molecular complexity index is 431. The maximum absolute atomic E-state index is 10.4. The Hall–Kier alpha value is -0.800. The van der Waals surface area contributed by atoms with Crippen molar-refractivity contribution in [1.82, 2.24) is 5.32 Å². The third-order valence-corrected chi connectivity index (χ3v) is 5.84. The first-order chi connectivity index (χ1) is 9.81. The minimum Gasteiger partial charge on any atom is -0.498 e. The molecule has 0 saturated carbocycles. The molecule has 2 fully saturated rings. The predicted molar refractivity (Wildman–Crippen MR) is 77.8 cm³/mol. The number of aliphatic hydroxyl groups excluding tert-OH is 1. The van der Waals surface area contributed by atoms with Crippen LogP contribution in [0.1, 0.15) is 38.5 Å². The zero-order valence-corrected chi connectivity index (χ0v) is 12.0. The summed E-state index contributed by atoms with van der Waals surface area (Å²) in [6.07, 6.45) is 13.6. The molecule has 2 aliphatic heterocycles. The van der Waals surface area contributed by atoms with Gasteiger partial charge in [-0.1, -0.05) is 12.2 Å². The first-order valence-corrected chi connectivity index (χ1v) is 8.23. The van der Waals surface area contributed by atoms with Gasteiger partial charge < -0.3 is 9.84 Å². The van der Waals surface area contributed by atoms with Crippen LogP contribution < -0.4 is 5.32 Å². The van der Waals surface area contributed by atoms with Crippen molar-refractivity contribution in [2.24, 2.45) is 23.7 Å². The van der Waals surface area contributed by atoms with Crippen LogP contribution in [0.3, 0.4) is 0 Å². The van der Waals surface area contributed by atoms with E-state index in [0.29, 0.717) is 23.8 Å². The number of rotatable bonds is 2. The summed E-state index contributed by atoms with van der Waals surface area (Å²) in [6, 6.07) is 0.504. The van der Waals surface area contributed by atoms with Crippen LogP contribution in [0.5, 0.6) is 0 Å². The fraction of sp³-hybridized carbons (Fsp3) is 0.765. The van der Waals surface area contributed by atoms with E-state index >= 15 is 0 Å². The van der Waals surface area contributed by atoms with Gasteiger partial charge in [-0.3, -0.25) is 5.32 Å². The smallest absolute Gasteiger partial charge is 0.108 e. The van der Waals surface area contributed by atoms with E-state index in [4.69, 9.17) is 4.74 Å². The summed E-state index contributed by atoms with van der Waals surface area (Å²) >= 11 is 0. The van der Waals surface area contributed by atoms with Gasteiger partial charge in [-0.15, -0.1) is 0 Å². The molecule has 110 valence electrons. The first-order valence-electron chi connectivity index (χ1n) is 8.23. The molecule has 4 aliphatic rings. The number of ether oxygens (including phenoxy) is 1. The van der Waals surface area contributed by atoms with Gasteiger partial charge >= 0.3 is 0 Å². The summed E-state index contributed by atoms with van der Waals surface area (Å²) in [5.41, 5.74) is 0. The van der Waals surface area contributed by atoms with Crippen LogP contribution in [0.2, 0.25) is 0 Å². The summed E-state index contributed by atoms with van der Waals surface area (Å²) < 4.78 is 5.67. The molecular formula is C17H25NO2.